The Labute approximate surface area is 119 Å². The molecule has 1 saturated heterocycles. The van der Waals surface area contributed by atoms with Gasteiger partial charge in [0.2, 0.25) is 10.0 Å². The molecule has 5 nitrogen and oxygen atoms in total. The molecular formula is C14H19NO4S. The summed E-state index contributed by atoms with van der Waals surface area (Å²) in [6.07, 6.45) is 0.498. The first-order chi connectivity index (χ1) is 9.36. The third-order valence-electron chi connectivity index (χ3n) is 3.57. The first-order valence-electron chi connectivity index (χ1n) is 6.52. The third kappa shape index (κ3) is 2.71. The molecule has 6 heteroatoms. The van der Waals surface area contributed by atoms with Crippen LogP contribution in [0.25, 0.3) is 0 Å². The number of aryl methyl sites for hydroxylation is 1. The number of ether oxygens (including phenoxy) is 1. The monoisotopic (exact) mass is 297 g/mol. The van der Waals surface area contributed by atoms with E-state index < -0.39 is 22.0 Å². The molecule has 1 fully saturated rings. The van der Waals surface area contributed by atoms with Crippen molar-refractivity contribution in [3.05, 3.63) is 29.8 Å². The fourth-order valence-electron chi connectivity index (χ4n) is 2.47. The first-order valence-corrected chi connectivity index (χ1v) is 7.96. The highest BCUT2D eigenvalue weighted by atomic mass is 32.2. The van der Waals surface area contributed by atoms with Gasteiger partial charge in [-0.1, -0.05) is 24.6 Å². The molecule has 1 aromatic carbocycles. The van der Waals surface area contributed by atoms with Crippen molar-refractivity contribution in [1.29, 1.82) is 0 Å². The highest BCUT2D eigenvalue weighted by molar-refractivity contribution is 7.89. The number of carbonyl (C=O) groups is 1. The van der Waals surface area contributed by atoms with Crippen molar-refractivity contribution in [1.82, 2.24) is 4.31 Å². The first kappa shape index (κ1) is 15.0. The predicted molar refractivity (Wildman–Crippen MR) is 74.7 cm³/mol. The maximum absolute atomic E-state index is 12.6. The van der Waals surface area contributed by atoms with Crippen LogP contribution in [0.15, 0.2) is 29.2 Å². The molecule has 0 aliphatic carbocycles. The summed E-state index contributed by atoms with van der Waals surface area (Å²) in [6, 6.07) is 5.92. The van der Waals surface area contributed by atoms with E-state index in [0.717, 1.165) is 5.56 Å². The molecule has 2 rings (SSSR count). The van der Waals surface area contributed by atoms with Gasteiger partial charge in [-0.2, -0.15) is 4.31 Å². The van der Waals surface area contributed by atoms with Gasteiger partial charge in [-0.3, -0.25) is 4.79 Å². The number of hydrogen-bond donors (Lipinski definition) is 0. The minimum Gasteiger partial charge on any atom is -0.468 e. The highest BCUT2D eigenvalue weighted by Gasteiger charge is 2.43. The lowest BCUT2D eigenvalue weighted by molar-refractivity contribution is -0.144. The SMILES string of the molecule is COC(=O)C1CC(C)CN1S(=O)(=O)c1ccc(C)cc1. The lowest BCUT2D eigenvalue weighted by Crippen LogP contribution is -2.41. The lowest BCUT2D eigenvalue weighted by atomic mass is 10.1. The number of sulfonamides is 1. The summed E-state index contributed by atoms with van der Waals surface area (Å²) < 4.78 is 31.3. The second-order valence-electron chi connectivity index (χ2n) is 5.27. The largest absolute Gasteiger partial charge is 0.468 e. The maximum atomic E-state index is 12.6. The number of benzene rings is 1. The summed E-state index contributed by atoms with van der Waals surface area (Å²) in [5.41, 5.74) is 0.989. The number of carbonyl (C=O) groups excluding carboxylic acids is 1. The van der Waals surface area contributed by atoms with Gasteiger partial charge in [0.25, 0.3) is 0 Å². The molecule has 1 heterocycles. The Morgan fingerprint density at radius 3 is 2.45 bits per heavy atom. The molecule has 0 saturated carbocycles. The minimum atomic E-state index is -3.66. The van der Waals surface area contributed by atoms with E-state index in [1.54, 1.807) is 24.3 Å². The number of nitrogens with zero attached hydrogens (tertiary/aromatic N) is 1. The van der Waals surface area contributed by atoms with Crippen LogP contribution in [0.4, 0.5) is 0 Å². The molecule has 110 valence electrons. The van der Waals surface area contributed by atoms with Crippen LogP contribution in [0, 0.1) is 12.8 Å². The zero-order valence-corrected chi connectivity index (χ0v) is 12.7. The van der Waals surface area contributed by atoms with E-state index in [1.165, 1.54) is 11.4 Å². The van der Waals surface area contributed by atoms with Crippen LogP contribution in [0.3, 0.4) is 0 Å². The van der Waals surface area contributed by atoms with Gasteiger partial charge in [-0.15, -0.1) is 0 Å². The Kier molecular flexibility index (Phi) is 4.15. The van der Waals surface area contributed by atoms with Gasteiger partial charge in [0.05, 0.1) is 12.0 Å². The van der Waals surface area contributed by atoms with Crippen LogP contribution in [0.1, 0.15) is 18.9 Å². The molecule has 0 aromatic heterocycles. The second kappa shape index (κ2) is 5.54. The van der Waals surface area contributed by atoms with Crippen molar-refractivity contribution in [2.24, 2.45) is 5.92 Å². The van der Waals surface area contributed by atoms with Gasteiger partial charge in [0.1, 0.15) is 6.04 Å². The number of methoxy groups -OCH3 is 1. The standard InChI is InChI=1S/C14H19NO4S/c1-10-4-6-12(7-5-10)20(17,18)15-9-11(2)8-13(15)14(16)19-3/h4-7,11,13H,8-9H2,1-3H3. The van der Waals surface area contributed by atoms with Crippen molar-refractivity contribution in [3.63, 3.8) is 0 Å². The normalized spacial score (nSPS) is 23.8. The Bertz CT molecular complexity index is 594. The Balaban J connectivity index is 2.37. The topological polar surface area (TPSA) is 63.7 Å². The Morgan fingerprint density at radius 2 is 1.90 bits per heavy atom. The van der Waals surface area contributed by atoms with E-state index in [9.17, 15) is 13.2 Å². The lowest BCUT2D eigenvalue weighted by Gasteiger charge is -2.22. The summed E-state index contributed by atoms with van der Waals surface area (Å²) >= 11 is 0. The zero-order valence-electron chi connectivity index (χ0n) is 11.9. The molecule has 2 atom stereocenters. The Morgan fingerprint density at radius 1 is 1.30 bits per heavy atom. The van der Waals surface area contributed by atoms with E-state index in [4.69, 9.17) is 4.74 Å². The van der Waals surface area contributed by atoms with E-state index in [0.29, 0.717) is 13.0 Å². The zero-order chi connectivity index (χ0) is 14.9. The van der Waals surface area contributed by atoms with E-state index in [1.807, 2.05) is 13.8 Å². The van der Waals surface area contributed by atoms with Crippen molar-refractivity contribution in [2.75, 3.05) is 13.7 Å². The van der Waals surface area contributed by atoms with Gasteiger partial charge >= 0.3 is 5.97 Å². The van der Waals surface area contributed by atoms with Crippen molar-refractivity contribution in [2.45, 2.75) is 31.2 Å². The van der Waals surface area contributed by atoms with Crippen LogP contribution in [-0.4, -0.2) is 38.4 Å². The van der Waals surface area contributed by atoms with E-state index in [-0.39, 0.29) is 10.8 Å². The van der Waals surface area contributed by atoms with Gasteiger partial charge in [0, 0.05) is 6.54 Å². The average Bonchev–Trinajstić information content (AvgIpc) is 2.81. The Hall–Kier alpha value is -1.40. The molecule has 1 aliphatic heterocycles. The van der Waals surface area contributed by atoms with Gasteiger partial charge in [0.15, 0.2) is 0 Å². The quantitative estimate of drug-likeness (QED) is 0.794. The van der Waals surface area contributed by atoms with Crippen molar-refractivity contribution >= 4 is 16.0 Å². The molecular weight excluding hydrogens is 278 g/mol. The second-order valence-corrected chi connectivity index (χ2v) is 7.16. The van der Waals surface area contributed by atoms with Crippen molar-refractivity contribution in [3.8, 4) is 0 Å². The minimum absolute atomic E-state index is 0.138. The maximum Gasteiger partial charge on any atom is 0.324 e. The molecule has 0 N–H and O–H groups in total. The van der Waals surface area contributed by atoms with Gasteiger partial charge in [-0.05, 0) is 31.4 Å². The van der Waals surface area contributed by atoms with Crippen molar-refractivity contribution < 1.29 is 17.9 Å². The number of hydrogen-bond acceptors (Lipinski definition) is 4. The summed E-state index contributed by atoms with van der Waals surface area (Å²) in [4.78, 5) is 12.0. The van der Waals surface area contributed by atoms with Crippen LogP contribution in [0.5, 0.6) is 0 Å². The summed E-state index contributed by atoms with van der Waals surface area (Å²) in [5.74, 6) is -0.357. The molecule has 2 unspecified atom stereocenters. The van der Waals surface area contributed by atoms with Crippen LogP contribution in [-0.2, 0) is 19.6 Å². The van der Waals surface area contributed by atoms with E-state index in [2.05, 4.69) is 0 Å². The summed E-state index contributed by atoms with van der Waals surface area (Å²) in [7, 11) is -2.38. The van der Waals surface area contributed by atoms with Crippen LogP contribution in [0.2, 0.25) is 0 Å². The fourth-order valence-corrected chi connectivity index (χ4v) is 4.18. The predicted octanol–water partition coefficient (Wildman–Crippen LogP) is 1.57. The van der Waals surface area contributed by atoms with Crippen LogP contribution >= 0.6 is 0 Å². The molecule has 0 bridgehead atoms. The molecule has 1 aromatic rings. The summed E-state index contributed by atoms with van der Waals surface area (Å²) in [6.45, 7) is 4.17. The molecule has 20 heavy (non-hydrogen) atoms. The van der Waals surface area contributed by atoms with Gasteiger partial charge < -0.3 is 4.74 Å². The fraction of sp³-hybridized carbons (Fsp3) is 0.500. The molecule has 0 spiro atoms. The average molecular weight is 297 g/mol. The van der Waals surface area contributed by atoms with Gasteiger partial charge in [-0.25, -0.2) is 8.42 Å². The smallest absolute Gasteiger partial charge is 0.324 e. The molecule has 0 radical (unpaired) electrons. The highest BCUT2D eigenvalue weighted by Crippen LogP contribution is 2.30. The van der Waals surface area contributed by atoms with E-state index >= 15 is 0 Å². The number of esters is 1. The number of rotatable bonds is 3. The summed E-state index contributed by atoms with van der Waals surface area (Å²) in [5, 5.41) is 0. The molecule has 1 aliphatic rings. The van der Waals surface area contributed by atoms with Crippen LogP contribution < -0.4 is 0 Å². The molecule has 0 amide bonds. The third-order valence-corrected chi connectivity index (χ3v) is 5.45.